The molecule has 19 heavy (non-hydrogen) atoms. The summed E-state index contributed by atoms with van der Waals surface area (Å²) < 4.78 is 9.57. The van der Waals surface area contributed by atoms with Gasteiger partial charge >= 0.3 is 11.5 Å². The molecule has 1 atom stereocenters. The van der Waals surface area contributed by atoms with Crippen molar-refractivity contribution in [3.63, 3.8) is 0 Å². The molecule has 1 aromatic carbocycles. The van der Waals surface area contributed by atoms with Crippen LogP contribution in [0.15, 0.2) is 24.3 Å². The van der Waals surface area contributed by atoms with Crippen molar-refractivity contribution in [2.24, 2.45) is 0 Å². The molecule has 0 saturated carbocycles. The lowest BCUT2D eigenvalue weighted by molar-refractivity contribution is -0.546. The van der Waals surface area contributed by atoms with Gasteiger partial charge in [-0.3, -0.25) is 10.1 Å². The third-order valence-corrected chi connectivity index (χ3v) is 2.49. The van der Waals surface area contributed by atoms with Crippen LogP contribution in [-0.4, -0.2) is 24.6 Å². The number of methoxy groups -OCH3 is 1. The minimum absolute atomic E-state index is 0.0555. The summed E-state index contributed by atoms with van der Waals surface area (Å²) in [5.41, 5.74) is -2.68. The molecule has 0 aliphatic heterocycles. The zero-order valence-electron chi connectivity index (χ0n) is 10.5. The predicted octanol–water partition coefficient (Wildman–Crippen LogP) is 1.25. The summed E-state index contributed by atoms with van der Waals surface area (Å²) in [7, 11) is 1.38. The van der Waals surface area contributed by atoms with E-state index in [2.05, 4.69) is 4.74 Å². The first kappa shape index (κ1) is 14.4. The SMILES string of the molecule is CCOC(=O)C(C#N)(c1cccc(OC)c1)[N+](=O)[O-]. The minimum Gasteiger partial charge on any atom is -0.497 e. The van der Waals surface area contributed by atoms with Gasteiger partial charge in [0.1, 0.15) is 5.75 Å². The fourth-order valence-electron chi connectivity index (χ4n) is 1.53. The van der Waals surface area contributed by atoms with Crippen molar-refractivity contribution in [2.75, 3.05) is 13.7 Å². The van der Waals surface area contributed by atoms with Crippen LogP contribution >= 0.6 is 0 Å². The Morgan fingerprint density at radius 2 is 2.26 bits per heavy atom. The first-order valence-corrected chi connectivity index (χ1v) is 5.40. The van der Waals surface area contributed by atoms with E-state index in [-0.39, 0.29) is 12.2 Å². The van der Waals surface area contributed by atoms with Crippen molar-refractivity contribution >= 4 is 5.97 Å². The number of carbonyl (C=O) groups excluding carboxylic acids is 1. The summed E-state index contributed by atoms with van der Waals surface area (Å²) in [4.78, 5) is 22.1. The van der Waals surface area contributed by atoms with Crippen LogP contribution in [0.5, 0.6) is 5.75 Å². The molecule has 0 heterocycles. The Kier molecular flexibility index (Phi) is 4.42. The van der Waals surface area contributed by atoms with Gasteiger partial charge in [-0.25, -0.2) is 4.79 Å². The Morgan fingerprint density at radius 1 is 1.58 bits per heavy atom. The Labute approximate surface area is 109 Å². The van der Waals surface area contributed by atoms with Crippen molar-refractivity contribution in [3.8, 4) is 11.8 Å². The van der Waals surface area contributed by atoms with Crippen LogP contribution in [0.2, 0.25) is 0 Å². The molecule has 0 spiro atoms. The van der Waals surface area contributed by atoms with E-state index in [1.807, 2.05) is 0 Å². The quantitative estimate of drug-likeness (QED) is 0.450. The molecule has 100 valence electrons. The van der Waals surface area contributed by atoms with E-state index in [4.69, 9.17) is 10.00 Å². The van der Waals surface area contributed by atoms with Gasteiger partial charge in [-0.15, -0.1) is 0 Å². The Hall–Kier alpha value is -2.62. The summed E-state index contributed by atoms with van der Waals surface area (Å²) >= 11 is 0. The summed E-state index contributed by atoms with van der Waals surface area (Å²) in [6.45, 7) is 1.45. The molecule has 0 saturated heterocycles. The lowest BCUT2D eigenvalue weighted by Crippen LogP contribution is -2.43. The number of nitrogens with zero attached hydrogens (tertiary/aromatic N) is 2. The number of nitro groups is 1. The maximum Gasteiger partial charge on any atom is 0.424 e. The van der Waals surface area contributed by atoms with Gasteiger partial charge in [0.25, 0.3) is 0 Å². The molecule has 1 aromatic rings. The zero-order valence-corrected chi connectivity index (χ0v) is 10.5. The number of esters is 1. The highest BCUT2D eigenvalue weighted by Gasteiger charge is 2.55. The van der Waals surface area contributed by atoms with E-state index in [0.29, 0.717) is 5.75 Å². The summed E-state index contributed by atoms with van der Waals surface area (Å²) in [6, 6.07) is 7.03. The van der Waals surface area contributed by atoms with Crippen LogP contribution in [0.4, 0.5) is 0 Å². The van der Waals surface area contributed by atoms with E-state index in [1.165, 1.54) is 38.3 Å². The molecule has 1 unspecified atom stereocenters. The van der Waals surface area contributed by atoms with Crippen molar-refractivity contribution < 1.29 is 19.2 Å². The minimum atomic E-state index is -2.58. The molecule has 0 aliphatic carbocycles. The summed E-state index contributed by atoms with van der Waals surface area (Å²) in [5.74, 6) is -0.904. The molecule has 7 heteroatoms. The molecule has 0 aromatic heterocycles. The number of ether oxygens (including phenoxy) is 2. The average molecular weight is 264 g/mol. The number of carbonyl (C=O) groups is 1. The first-order chi connectivity index (χ1) is 9.02. The van der Waals surface area contributed by atoms with Crippen LogP contribution < -0.4 is 4.74 Å². The van der Waals surface area contributed by atoms with E-state index in [9.17, 15) is 14.9 Å². The summed E-state index contributed by atoms with van der Waals surface area (Å²) in [5, 5.41) is 20.3. The van der Waals surface area contributed by atoms with Gasteiger partial charge in [-0.1, -0.05) is 6.07 Å². The predicted molar refractivity (Wildman–Crippen MR) is 63.9 cm³/mol. The monoisotopic (exact) mass is 264 g/mol. The molecule has 7 nitrogen and oxygen atoms in total. The second-order valence-electron chi connectivity index (χ2n) is 3.53. The largest absolute Gasteiger partial charge is 0.497 e. The third kappa shape index (κ3) is 2.47. The fourth-order valence-corrected chi connectivity index (χ4v) is 1.53. The highest BCUT2D eigenvalue weighted by atomic mass is 16.6. The lowest BCUT2D eigenvalue weighted by atomic mass is 9.92. The maximum atomic E-state index is 11.8. The first-order valence-electron chi connectivity index (χ1n) is 5.40. The number of hydrogen-bond donors (Lipinski definition) is 0. The van der Waals surface area contributed by atoms with Crippen LogP contribution in [-0.2, 0) is 15.1 Å². The topological polar surface area (TPSA) is 102 Å². The van der Waals surface area contributed by atoms with E-state index >= 15 is 0 Å². The fraction of sp³-hybridized carbons (Fsp3) is 0.333. The maximum absolute atomic E-state index is 11.8. The van der Waals surface area contributed by atoms with Gasteiger partial charge in [0.2, 0.25) is 0 Å². The zero-order chi connectivity index (χ0) is 14.5. The number of benzene rings is 1. The molecule has 0 bridgehead atoms. The van der Waals surface area contributed by atoms with Gasteiger partial charge in [0.05, 0.1) is 24.2 Å². The highest BCUT2D eigenvalue weighted by Crippen LogP contribution is 2.28. The van der Waals surface area contributed by atoms with Crippen molar-refractivity contribution in [3.05, 3.63) is 39.9 Å². The molecule has 0 radical (unpaired) electrons. The highest BCUT2D eigenvalue weighted by molar-refractivity contribution is 5.84. The number of rotatable bonds is 5. The summed E-state index contributed by atoms with van der Waals surface area (Å²) in [6.07, 6.45) is 0. The second kappa shape index (κ2) is 5.82. The van der Waals surface area contributed by atoms with Crippen LogP contribution in [0.1, 0.15) is 12.5 Å². The van der Waals surface area contributed by atoms with Crippen LogP contribution in [0.25, 0.3) is 0 Å². The smallest absolute Gasteiger partial charge is 0.424 e. The molecule has 0 aliphatic rings. The van der Waals surface area contributed by atoms with Crippen molar-refractivity contribution in [1.29, 1.82) is 5.26 Å². The van der Waals surface area contributed by atoms with Gasteiger partial charge in [0.15, 0.2) is 6.07 Å². The van der Waals surface area contributed by atoms with Crippen molar-refractivity contribution in [2.45, 2.75) is 12.5 Å². The van der Waals surface area contributed by atoms with Gasteiger partial charge in [0, 0.05) is 0 Å². The molecule has 0 N–H and O–H groups in total. The average Bonchev–Trinajstić information content (AvgIpc) is 2.40. The van der Waals surface area contributed by atoms with E-state index < -0.39 is 16.4 Å². The van der Waals surface area contributed by atoms with Crippen LogP contribution in [0, 0.1) is 21.4 Å². The molecular formula is C12H12N2O5. The normalized spacial score (nSPS) is 12.9. The van der Waals surface area contributed by atoms with Crippen molar-refractivity contribution in [1.82, 2.24) is 0 Å². The standard InChI is InChI=1S/C12H12N2O5/c1-3-19-11(15)12(8-13,14(16)17)9-5-4-6-10(7-9)18-2/h4-7H,3H2,1-2H3. The number of nitriles is 1. The Morgan fingerprint density at radius 3 is 2.74 bits per heavy atom. The Balaban J connectivity index is 3.43. The molecule has 1 rings (SSSR count). The van der Waals surface area contributed by atoms with Gasteiger partial charge in [-0.2, -0.15) is 5.26 Å². The lowest BCUT2D eigenvalue weighted by Gasteiger charge is -2.16. The Bertz CT molecular complexity index is 537. The van der Waals surface area contributed by atoms with E-state index in [0.717, 1.165) is 0 Å². The van der Waals surface area contributed by atoms with Gasteiger partial charge < -0.3 is 9.47 Å². The molecule has 0 amide bonds. The van der Waals surface area contributed by atoms with E-state index in [1.54, 1.807) is 6.07 Å². The van der Waals surface area contributed by atoms with Crippen LogP contribution in [0.3, 0.4) is 0 Å². The molecular weight excluding hydrogens is 252 g/mol. The van der Waals surface area contributed by atoms with Gasteiger partial charge in [-0.05, 0) is 25.1 Å². The number of hydrogen-bond acceptors (Lipinski definition) is 6. The molecule has 0 fully saturated rings. The third-order valence-electron chi connectivity index (χ3n) is 2.49. The second-order valence-corrected chi connectivity index (χ2v) is 3.53.